The average molecular weight is 485 g/mol. The van der Waals surface area contributed by atoms with Crippen LogP contribution in [0, 0.1) is 24.4 Å². The Morgan fingerprint density at radius 2 is 1.73 bits per heavy atom. The van der Waals surface area contributed by atoms with Gasteiger partial charge in [0.1, 0.15) is 24.1 Å². The fourth-order valence-electron chi connectivity index (χ4n) is 3.87. The third-order valence-electron chi connectivity index (χ3n) is 5.42. The van der Waals surface area contributed by atoms with Crippen molar-refractivity contribution in [2.45, 2.75) is 45.1 Å². The van der Waals surface area contributed by atoms with Crippen molar-refractivity contribution in [1.29, 1.82) is 0 Å². The maximum absolute atomic E-state index is 14.5. The van der Waals surface area contributed by atoms with E-state index >= 15 is 0 Å². The summed E-state index contributed by atoms with van der Waals surface area (Å²) in [4.78, 5) is 19.3. The van der Waals surface area contributed by atoms with E-state index in [0.717, 1.165) is 31.7 Å². The molecule has 0 saturated heterocycles. The Bertz CT molecular complexity index is 1150. The number of aromatic amines is 1. The van der Waals surface area contributed by atoms with Crippen LogP contribution in [-0.2, 0) is 19.2 Å². The van der Waals surface area contributed by atoms with E-state index in [1.807, 2.05) is 0 Å². The molecule has 0 unspecified atom stereocenters. The molecule has 1 heterocycles. The molecule has 0 bridgehead atoms. The molecule has 1 aliphatic carbocycles. The molecule has 0 radical (unpaired) electrons. The number of halogens is 3. The monoisotopic (exact) mass is 484 g/mol. The standard InChI is InChI=1S/C23H21F3N2O2.CH4S.Na/c1-13-9-17(20(26)11-19(13)25)16-7-4-8-18(24)22(16)30-12-15-10-21(29)28-23(27-15)14-5-2-3-6-14;1-2;/h4,7-11,14H,2-3,5-6,12H2,1H3,(H,27,28,29);2H,1H3;/q;;+1/p-1. The first-order valence-electron chi connectivity index (χ1n) is 10.3. The molecule has 170 valence electrons. The van der Waals surface area contributed by atoms with Gasteiger partial charge in [-0.1, -0.05) is 25.0 Å². The smallest absolute Gasteiger partial charge is 0.796 e. The van der Waals surface area contributed by atoms with Gasteiger partial charge in [-0.25, -0.2) is 18.2 Å². The van der Waals surface area contributed by atoms with Gasteiger partial charge in [0.05, 0.1) is 5.69 Å². The van der Waals surface area contributed by atoms with Gasteiger partial charge in [0.25, 0.3) is 5.56 Å². The number of H-pyrrole nitrogens is 1. The van der Waals surface area contributed by atoms with Gasteiger partial charge in [0.15, 0.2) is 11.6 Å². The molecule has 1 fully saturated rings. The van der Waals surface area contributed by atoms with E-state index in [0.29, 0.717) is 11.5 Å². The molecule has 0 atom stereocenters. The SMILES string of the molecule is C[S-].Cc1cc(-c2cccc(F)c2OCc2cc(=O)[nH]c(C3CCCC3)n2)c(F)cc1F.[Na+]. The van der Waals surface area contributed by atoms with Gasteiger partial charge in [-0.05, 0) is 37.5 Å². The van der Waals surface area contributed by atoms with Gasteiger partial charge in [-0.15, -0.1) is 0 Å². The summed E-state index contributed by atoms with van der Waals surface area (Å²) in [6.45, 7) is 1.35. The Morgan fingerprint density at radius 1 is 1.03 bits per heavy atom. The van der Waals surface area contributed by atoms with E-state index in [4.69, 9.17) is 4.74 Å². The molecular weight excluding hydrogens is 460 g/mol. The molecule has 33 heavy (non-hydrogen) atoms. The Hall–Kier alpha value is -1.74. The summed E-state index contributed by atoms with van der Waals surface area (Å²) in [5, 5.41) is 0. The summed E-state index contributed by atoms with van der Waals surface area (Å²) in [7, 11) is 0. The van der Waals surface area contributed by atoms with Crippen LogP contribution in [-0.4, -0.2) is 16.2 Å². The number of hydrogen-bond donors (Lipinski definition) is 1. The minimum atomic E-state index is -0.814. The summed E-state index contributed by atoms with van der Waals surface area (Å²) in [5.41, 5.74) is 0.509. The van der Waals surface area contributed by atoms with E-state index in [1.165, 1.54) is 37.3 Å². The van der Waals surface area contributed by atoms with Crippen molar-refractivity contribution in [3.63, 3.8) is 0 Å². The molecule has 1 aromatic heterocycles. The Kier molecular flexibility index (Phi) is 10.5. The Labute approximate surface area is 218 Å². The van der Waals surface area contributed by atoms with E-state index in [9.17, 15) is 18.0 Å². The van der Waals surface area contributed by atoms with Crippen LogP contribution in [0.5, 0.6) is 5.75 Å². The van der Waals surface area contributed by atoms with Gasteiger partial charge in [-0.2, -0.15) is 6.26 Å². The second-order valence-electron chi connectivity index (χ2n) is 7.59. The van der Waals surface area contributed by atoms with Crippen LogP contribution in [0.4, 0.5) is 13.2 Å². The molecule has 1 aliphatic rings. The number of hydrogen-bond acceptors (Lipinski definition) is 4. The van der Waals surface area contributed by atoms with E-state index in [1.54, 1.807) is 6.26 Å². The number of nitrogens with one attached hydrogen (secondary N) is 1. The Balaban J connectivity index is 0.00000125. The Morgan fingerprint density at radius 3 is 2.42 bits per heavy atom. The largest absolute Gasteiger partial charge is 1.00 e. The molecule has 3 aromatic rings. The van der Waals surface area contributed by atoms with Gasteiger partial charge in [-0.3, -0.25) is 4.79 Å². The fraction of sp³-hybridized carbons (Fsp3) is 0.333. The van der Waals surface area contributed by atoms with E-state index < -0.39 is 17.5 Å². The average Bonchev–Trinajstić information content (AvgIpc) is 3.31. The van der Waals surface area contributed by atoms with Crippen molar-refractivity contribution in [1.82, 2.24) is 9.97 Å². The summed E-state index contributed by atoms with van der Waals surface area (Å²) in [6.07, 6.45) is 5.70. The van der Waals surface area contributed by atoms with Crippen LogP contribution in [0.25, 0.3) is 11.1 Å². The minimum absolute atomic E-state index is 0. The van der Waals surface area contributed by atoms with Gasteiger partial charge in [0, 0.05) is 29.2 Å². The van der Waals surface area contributed by atoms with Crippen LogP contribution < -0.4 is 39.9 Å². The van der Waals surface area contributed by atoms with Gasteiger partial charge in [0.2, 0.25) is 0 Å². The second kappa shape index (κ2) is 12.6. The van der Waals surface area contributed by atoms with Crippen molar-refractivity contribution in [3.8, 4) is 16.9 Å². The summed E-state index contributed by atoms with van der Waals surface area (Å²) < 4.78 is 48.2. The summed E-state index contributed by atoms with van der Waals surface area (Å²) in [6, 6.07) is 7.52. The molecule has 0 amide bonds. The third kappa shape index (κ3) is 6.66. The zero-order valence-corrected chi connectivity index (χ0v) is 21.7. The number of aryl methyl sites for hydroxylation is 1. The first-order chi connectivity index (χ1) is 15.4. The number of aromatic nitrogens is 2. The van der Waals surface area contributed by atoms with Crippen LogP contribution in [0.3, 0.4) is 0 Å². The van der Waals surface area contributed by atoms with E-state index in [2.05, 4.69) is 22.6 Å². The van der Waals surface area contributed by atoms with Crippen LogP contribution in [0.1, 0.15) is 48.7 Å². The number of benzene rings is 2. The molecule has 1 saturated carbocycles. The van der Waals surface area contributed by atoms with Crippen molar-refractivity contribution in [3.05, 3.63) is 81.3 Å². The maximum Gasteiger partial charge on any atom is 1.00 e. The number of ether oxygens (including phenoxy) is 1. The normalized spacial score (nSPS) is 13.2. The fourth-order valence-corrected chi connectivity index (χ4v) is 3.87. The quantitative estimate of drug-likeness (QED) is 0.447. The molecule has 4 rings (SSSR count). The molecule has 2 aromatic carbocycles. The third-order valence-corrected chi connectivity index (χ3v) is 5.42. The molecular formula is C24H24F3N2NaO2S. The molecule has 0 spiro atoms. The first kappa shape index (κ1) is 27.5. The van der Waals surface area contributed by atoms with Gasteiger partial charge >= 0.3 is 29.6 Å². The first-order valence-corrected chi connectivity index (χ1v) is 11.1. The second-order valence-corrected chi connectivity index (χ2v) is 7.59. The topological polar surface area (TPSA) is 55.0 Å². The predicted molar refractivity (Wildman–Crippen MR) is 120 cm³/mol. The van der Waals surface area contributed by atoms with Crippen LogP contribution >= 0.6 is 0 Å². The van der Waals surface area contributed by atoms with Crippen molar-refractivity contribution in [2.75, 3.05) is 6.26 Å². The zero-order chi connectivity index (χ0) is 23.3. The van der Waals surface area contributed by atoms with Gasteiger partial charge < -0.3 is 22.3 Å². The molecule has 9 heteroatoms. The van der Waals surface area contributed by atoms with Crippen molar-refractivity contribution in [2.24, 2.45) is 0 Å². The van der Waals surface area contributed by atoms with Crippen LogP contribution in [0.15, 0.2) is 41.2 Å². The molecule has 4 nitrogen and oxygen atoms in total. The molecule has 1 N–H and O–H groups in total. The van der Waals surface area contributed by atoms with Crippen molar-refractivity contribution >= 4 is 12.6 Å². The minimum Gasteiger partial charge on any atom is -0.796 e. The number of rotatable bonds is 5. The zero-order valence-electron chi connectivity index (χ0n) is 18.9. The number of nitrogens with zero attached hydrogens (tertiary/aromatic N) is 1. The van der Waals surface area contributed by atoms with E-state index in [-0.39, 0.29) is 70.1 Å². The molecule has 0 aliphatic heterocycles. The van der Waals surface area contributed by atoms with Crippen LogP contribution in [0.2, 0.25) is 0 Å². The maximum atomic E-state index is 14.5. The summed E-state index contributed by atoms with van der Waals surface area (Å²) >= 11 is 4.08. The summed E-state index contributed by atoms with van der Waals surface area (Å²) in [5.74, 6) is -1.53. The number of para-hydroxylation sites is 1. The predicted octanol–water partition coefficient (Wildman–Crippen LogP) is 2.57. The van der Waals surface area contributed by atoms with Crippen molar-refractivity contribution < 1.29 is 47.5 Å².